The quantitative estimate of drug-likeness (QED) is 0.124. The Morgan fingerprint density at radius 2 is 1.67 bits per heavy atom. The van der Waals surface area contributed by atoms with Crippen LogP contribution in [-0.4, -0.2) is 43.5 Å². The summed E-state index contributed by atoms with van der Waals surface area (Å²) in [4.78, 5) is 27.8. The van der Waals surface area contributed by atoms with Crippen LogP contribution in [0.3, 0.4) is 0 Å². The second-order valence-corrected chi connectivity index (χ2v) is 14.8. The fourth-order valence-electron chi connectivity index (χ4n) is 6.93. The lowest BCUT2D eigenvalue weighted by molar-refractivity contribution is -0.119. The molecule has 1 aromatic heterocycles. The van der Waals surface area contributed by atoms with Crippen LogP contribution in [0.5, 0.6) is 17.5 Å². The number of benzene rings is 3. The molecule has 2 heterocycles. The molecule has 0 radical (unpaired) electrons. The van der Waals surface area contributed by atoms with Crippen molar-refractivity contribution < 1.29 is 23.8 Å². The molecular weight excluding hydrogens is 753 g/mol. The van der Waals surface area contributed by atoms with Gasteiger partial charge in [-0.05, 0) is 78.2 Å². The highest BCUT2D eigenvalue weighted by molar-refractivity contribution is 9.10. The monoisotopic (exact) mass is 793 g/mol. The predicted molar refractivity (Wildman–Crippen MR) is 205 cm³/mol. The summed E-state index contributed by atoms with van der Waals surface area (Å²) in [6, 6.07) is 20.1. The third kappa shape index (κ3) is 9.06. The first kappa shape index (κ1) is 37.1. The Labute approximate surface area is 317 Å². The number of carbonyl (C=O) groups excluding carboxylic acids is 2. The van der Waals surface area contributed by atoms with Crippen molar-refractivity contribution in [3.8, 4) is 39.8 Å². The van der Waals surface area contributed by atoms with E-state index in [0.717, 1.165) is 87.8 Å². The van der Waals surface area contributed by atoms with Crippen LogP contribution in [0.15, 0.2) is 65.1 Å². The minimum atomic E-state index is 0.133. The lowest BCUT2D eigenvalue weighted by Crippen LogP contribution is -2.25. The zero-order chi connectivity index (χ0) is 35.9. The number of aryl methyl sites for hydroxylation is 1. The lowest BCUT2D eigenvalue weighted by atomic mass is 9.96. The molecule has 51 heavy (non-hydrogen) atoms. The van der Waals surface area contributed by atoms with E-state index in [4.69, 9.17) is 37.4 Å². The number of amides is 1. The van der Waals surface area contributed by atoms with Gasteiger partial charge in [-0.1, -0.05) is 71.7 Å². The van der Waals surface area contributed by atoms with Gasteiger partial charge in [-0.3, -0.25) is 9.59 Å². The molecule has 1 aliphatic carbocycles. The van der Waals surface area contributed by atoms with Crippen molar-refractivity contribution in [1.29, 1.82) is 0 Å². The van der Waals surface area contributed by atoms with Gasteiger partial charge >= 0.3 is 0 Å². The predicted octanol–water partition coefficient (Wildman–Crippen LogP) is 9.14. The molecule has 2 fully saturated rings. The van der Waals surface area contributed by atoms with E-state index in [-0.39, 0.29) is 18.6 Å². The van der Waals surface area contributed by atoms with E-state index in [1.165, 1.54) is 0 Å². The van der Waals surface area contributed by atoms with Crippen LogP contribution < -0.4 is 24.8 Å². The first-order chi connectivity index (χ1) is 24.7. The molecule has 0 unspecified atom stereocenters. The maximum Gasteiger partial charge on any atom is 0.231 e. The van der Waals surface area contributed by atoms with Gasteiger partial charge in [-0.2, -0.15) is 4.98 Å². The SMILES string of the molecule is COc1cc(-c2cccc(-c3cccc(COc4nc(OC)c(CCC[C@@H]5CCC(=O)N5)cc4Br)c3Cl)c2Cl)ccc1CNC[C@@H]1CCC(=O)C1. The number of nitrogens with one attached hydrogen (secondary N) is 2. The number of halogens is 3. The van der Waals surface area contributed by atoms with Crippen LogP contribution in [0, 0.1) is 5.92 Å². The molecule has 2 N–H and O–H groups in total. The van der Waals surface area contributed by atoms with Gasteiger partial charge in [0, 0.05) is 65.2 Å². The zero-order valence-corrected chi connectivity index (χ0v) is 31.9. The van der Waals surface area contributed by atoms with Crippen LogP contribution in [-0.2, 0) is 29.2 Å². The summed E-state index contributed by atoms with van der Waals surface area (Å²) in [5.41, 5.74) is 6.18. The van der Waals surface area contributed by atoms with Crippen LogP contribution in [0.2, 0.25) is 10.0 Å². The van der Waals surface area contributed by atoms with E-state index in [1.54, 1.807) is 14.2 Å². The minimum Gasteiger partial charge on any atom is -0.496 e. The smallest absolute Gasteiger partial charge is 0.231 e. The second kappa shape index (κ2) is 17.3. The Hall–Kier alpha value is -3.63. The Morgan fingerprint density at radius 1 is 0.882 bits per heavy atom. The molecule has 4 aromatic rings. The van der Waals surface area contributed by atoms with Gasteiger partial charge in [-0.25, -0.2) is 0 Å². The topological polar surface area (TPSA) is 98.8 Å². The number of Topliss-reactive ketones (excluding diaryl/α,β-unsaturated/α-hetero) is 1. The summed E-state index contributed by atoms with van der Waals surface area (Å²) in [5, 5.41) is 7.64. The number of rotatable bonds is 15. The first-order valence-electron chi connectivity index (χ1n) is 17.4. The molecule has 2 aliphatic rings. The average molecular weight is 796 g/mol. The number of carbonyl (C=O) groups is 2. The van der Waals surface area contributed by atoms with E-state index in [1.807, 2.05) is 48.5 Å². The average Bonchev–Trinajstić information content (AvgIpc) is 3.75. The summed E-state index contributed by atoms with van der Waals surface area (Å²) in [6.07, 6.45) is 6.41. The summed E-state index contributed by atoms with van der Waals surface area (Å²) >= 11 is 17.8. The Bertz CT molecular complexity index is 1900. The van der Waals surface area contributed by atoms with Gasteiger partial charge in [0.25, 0.3) is 0 Å². The van der Waals surface area contributed by atoms with E-state index in [2.05, 4.69) is 43.7 Å². The lowest BCUT2D eigenvalue weighted by Gasteiger charge is -2.17. The number of aromatic nitrogens is 1. The standard InChI is InChI=1S/C40H42BrCl2N3O5/c1-49-35-20-25(13-14-27(35)22-44-21-24-12-16-30(47)18-24)31-9-5-11-33(38(31)43)32-10-4-7-28(37(32)42)23-51-40-34(41)19-26(39(46-40)50-2)6-3-8-29-15-17-36(48)45-29/h4-5,7,9-11,13-14,19-20,24,29,44H,3,6,8,12,15-18,21-23H2,1-2H3,(H,45,48)/t24-,29-/m1/s1. The molecule has 1 saturated heterocycles. The van der Waals surface area contributed by atoms with E-state index < -0.39 is 0 Å². The van der Waals surface area contributed by atoms with Gasteiger partial charge in [0.05, 0.1) is 28.7 Å². The van der Waals surface area contributed by atoms with Gasteiger partial charge in [-0.15, -0.1) is 0 Å². The van der Waals surface area contributed by atoms with Crippen molar-refractivity contribution in [2.75, 3.05) is 20.8 Å². The zero-order valence-electron chi connectivity index (χ0n) is 28.8. The maximum atomic E-state index is 11.6. The van der Waals surface area contributed by atoms with Gasteiger partial charge in [0.15, 0.2) is 0 Å². The molecule has 268 valence electrons. The van der Waals surface area contributed by atoms with Crippen molar-refractivity contribution in [2.24, 2.45) is 5.92 Å². The third-order valence-corrected chi connectivity index (χ3v) is 11.1. The normalized spacial score (nSPS) is 17.1. The Kier molecular flexibility index (Phi) is 12.6. The van der Waals surface area contributed by atoms with E-state index in [9.17, 15) is 9.59 Å². The maximum absolute atomic E-state index is 11.6. The van der Waals surface area contributed by atoms with E-state index >= 15 is 0 Å². The number of pyridine rings is 1. The number of hydrogen-bond acceptors (Lipinski definition) is 7. The summed E-state index contributed by atoms with van der Waals surface area (Å²) in [6.45, 7) is 1.65. The molecule has 6 rings (SSSR count). The summed E-state index contributed by atoms with van der Waals surface area (Å²) in [5.74, 6) is 2.58. The Balaban J connectivity index is 1.14. The minimum absolute atomic E-state index is 0.133. The fourth-order valence-corrected chi connectivity index (χ4v) is 8.03. The van der Waals surface area contributed by atoms with Crippen LogP contribution in [0.1, 0.15) is 61.6 Å². The molecular formula is C40H42BrCl2N3O5. The molecule has 1 amide bonds. The van der Waals surface area contributed by atoms with Gasteiger partial charge in [0.1, 0.15) is 18.1 Å². The number of hydrogen-bond donors (Lipinski definition) is 2. The second-order valence-electron chi connectivity index (χ2n) is 13.2. The van der Waals surface area contributed by atoms with Gasteiger partial charge in [0.2, 0.25) is 17.7 Å². The number of ketones is 1. The molecule has 1 saturated carbocycles. The summed E-state index contributed by atoms with van der Waals surface area (Å²) in [7, 11) is 3.27. The highest BCUT2D eigenvalue weighted by Crippen LogP contribution is 2.41. The third-order valence-electron chi connectivity index (χ3n) is 9.69. The highest BCUT2D eigenvalue weighted by atomic mass is 79.9. The van der Waals surface area contributed by atoms with Crippen LogP contribution in [0.4, 0.5) is 0 Å². The van der Waals surface area contributed by atoms with Crippen molar-refractivity contribution in [2.45, 2.75) is 70.6 Å². The van der Waals surface area contributed by atoms with Crippen LogP contribution >= 0.6 is 39.1 Å². The van der Waals surface area contributed by atoms with Crippen LogP contribution in [0.25, 0.3) is 22.3 Å². The number of nitrogens with zero attached hydrogens (tertiary/aromatic N) is 1. The van der Waals surface area contributed by atoms with Crippen molar-refractivity contribution in [3.63, 3.8) is 0 Å². The van der Waals surface area contributed by atoms with E-state index in [0.29, 0.717) is 59.3 Å². The number of ether oxygens (including phenoxy) is 3. The molecule has 2 atom stereocenters. The molecule has 3 aromatic carbocycles. The molecule has 0 spiro atoms. The fraction of sp³-hybridized carbons (Fsp3) is 0.375. The highest BCUT2D eigenvalue weighted by Gasteiger charge is 2.23. The molecule has 8 nitrogen and oxygen atoms in total. The van der Waals surface area contributed by atoms with Gasteiger partial charge < -0.3 is 24.8 Å². The molecule has 0 bridgehead atoms. The van der Waals surface area contributed by atoms with Crippen molar-refractivity contribution in [1.82, 2.24) is 15.6 Å². The van der Waals surface area contributed by atoms with Crippen molar-refractivity contribution in [3.05, 3.63) is 91.9 Å². The largest absolute Gasteiger partial charge is 0.496 e. The number of methoxy groups -OCH3 is 2. The molecule has 1 aliphatic heterocycles. The summed E-state index contributed by atoms with van der Waals surface area (Å²) < 4.78 is 18.3. The Morgan fingerprint density at radius 3 is 2.39 bits per heavy atom. The molecule has 11 heteroatoms. The first-order valence-corrected chi connectivity index (χ1v) is 18.9. The van der Waals surface area contributed by atoms with Crippen molar-refractivity contribution >= 4 is 50.8 Å².